The lowest BCUT2D eigenvalue weighted by molar-refractivity contribution is 0.259. The van der Waals surface area contributed by atoms with Crippen LogP contribution in [-0.2, 0) is 0 Å². The van der Waals surface area contributed by atoms with Crippen LogP contribution >= 0.6 is 11.6 Å². The zero-order valence-corrected chi connectivity index (χ0v) is 12.6. The summed E-state index contributed by atoms with van der Waals surface area (Å²) in [5.74, 6) is -0.349. The van der Waals surface area contributed by atoms with E-state index in [9.17, 15) is 4.39 Å². The van der Waals surface area contributed by atoms with Gasteiger partial charge in [0.2, 0.25) is 0 Å². The number of rotatable bonds is 5. The van der Waals surface area contributed by atoms with Crippen LogP contribution in [0.4, 0.5) is 4.39 Å². The average molecular weight is 284 g/mol. The molecule has 2 rings (SSSR count). The van der Waals surface area contributed by atoms with E-state index in [0.29, 0.717) is 5.41 Å². The number of halogens is 2. The third-order valence-corrected chi connectivity index (χ3v) is 4.93. The van der Waals surface area contributed by atoms with E-state index in [1.54, 1.807) is 6.07 Å². The van der Waals surface area contributed by atoms with E-state index >= 15 is 0 Å². The predicted octanol–water partition coefficient (Wildman–Crippen LogP) is 5.10. The van der Waals surface area contributed by atoms with Crippen molar-refractivity contribution < 1.29 is 4.39 Å². The Morgan fingerprint density at radius 1 is 1.37 bits per heavy atom. The quantitative estimate of drug-likeness (QED) is 0.793. The SMILES string of the molecule is CCC1(CNC(C)c2ccc(F)c(Cl)c2)CCCC1. The third kappa shape index (κ3) is 3.49. The first kappa shape index (κ1) is 14.8. The van der Waals surface area contributed by atoms with Crippen LogP contribution in [0, 0.1) is 11.2 Å². The predicted molar refractivity (Wildman–Crippen MR) is 79.0 cm³/mol. The summed E-state index contributed by atoms with van der Waals surface area (Å²) in [7, 11) is 0. The van der Waals surface area contributed by atoms with Gasteiger partial charge in [0.15, 0.2) is 0 Å². The molecule has 1 N–H and O–H groups in total. The van der Waals surface area contributed by atoms with Crippen molar-refractivity contribution in [1.82, 2.24) is 5.32 Å². The van der Waals surface area contributed by atoms with Gasteiger partial charge < -0.3 is 5.32 Å². The Morgan fingerprint density at radius 2 is 2.05 bits per heavy atom. The lowest BCUT2D eigenvalue weighted by Crippen LogP contribution is -2.33. The largest absolute Gasteiger partial charge is 0.310 e. The minimum Gasteiger partial charge on any atom is -0.310 e. The zero-order chi connectivity index (χ0) is 13.9. The summed E-state index contributed by atoms with van der Waals surface area (Å²) < 4.78 is 13.2. The normalized spacial score (nSPS) is 19.6. The van der Waals surface area contributed by atoms with E-state index in [1.807, 2.05) is 6.07 Å². The molecule has 1 saturated carbocycles. The molecule has 1 aromatic carbocycles. The second kappa shape index (κ2) is 6.23. The Hall–Kier alpha value is -0.600. The van der Waals surface area contributed by atoms with E-state index in [-0.39, 0.29) is 16.9 Å². The minimum absolute atomic E-state index is 0.206. The first-order chi connectivity index (χ1) is 9.06. The van der Waals surface area contributed by atoms with Gasteiger partial charge >= 0.3 is 0 Å². The summed E-state index contributed by atoms with van der Waals surface area (Å²) in [4.78, 5) is 0. The van der Waals surface area contributed by atoms with Crippen molar-refractivity contribution in [2.24, 2.45) is 5.41 Å². The molecule has 1 nitrogen and oxygen atoms in total. The van der Waals surface area contributed by atoms with Gasteiger partial charge in [0, 0.05) is 12.6 Å². The summed E-state index contributed by atoms with van der Waals surface area (Å²) in [5, 5.41) is 3.80. The molecule has 0 bridgehead atoms. The summed E-state index contributed by atoms with van der Waals surface area (Å²) in [6, 6.07) is 5.19. The number of hydrogen-bond donors (Lipinski definition) is 1. The Morgan fingerprint density at radius 3 is 2.63 bits per heavy atom. The van der Waals surface area contributed by atoms with Crippen LogP contribution in [-0.4, -0.2) is 6.54 Å². The average Bonchev–Trinajstić information content (AvgIpc) is 2.89. The number of benzene rings is 1. The molecule has 19 heavy (non-hydrogen) atoms. The fourth-order valence-electron chi connectivity index (χ4n) is 3.05. The summed E-state index contributed by atoms with van der Waals surface area (Å²) in [6.45, 7) is 5.44. The molecule has 0 radical (unpaired) electrons. The van der Waals surface area contributed by atoms with Crippen LogP contribution in [0.2, 0.25) is 5.02 Å². The van der Waals surface area contributed by atoms with Crippen LogP contribution in [0.25, 0.3) is 0 Å². The summed E-state index contributed by atoms with van der Waals surface area (Å²) >= 11 is 5.84. The van der Waals surface area contributed by atoms with E-state index < -0.39 is 0 Å². The van der Waals surface area contributed by atoms with Gasteiger partial charge in [-0.15, -0.1) is 0 Å². The fourth-order valence-corrected chi connectivity index (χ4v) is 3.24. The molecule has 0 heterocycles. The number of hydrogen-bond acceptors (Lipinski definition) is 1. The zero-order valence-electron chi connectivity index (χ0n) is 11.8. The Bertz CT molecular complexity index is 427. The van der Waals surface area contributed by atoms with E-state index in [2.05, 4.69) is 19.2 Å². The van der Waals surface area contributed by atoms with Crippen molar-refractivity contribution in [3.8, 4) is 0 Å². The van der Waals surface area contributed by atoms with Gasteiger partial charge in [0.1, 0.15) is 5.82 Å². The van der Waals surface area contributed by atoms with Crippen LogP contribution in [0.3, 0.4) is 0 Å². The van der Waals surface area contributed by atoms with Crippen molar-refractivity contribution in [2.75, 3.05) is 6.54 Å². The molecule has 0 spiro atoms. The molecule has 0 aromatic heterocycles. The maximum atomic E-state index is 13.2. The van der Waals surface area contributed by atoms with Gasteiger partial charge in [0.25, 0.3) is 0 Å². The molecular weight excluding hydrogens is 261 g/mol. The summed E-state index contributed by atoms with van der Waals surface area (Å²) in [6.07, 6.45) is 6.59. The highest BCUT2D eigenvalue weighted by atomic mass is 35.5. The smallest absolute Gasteiger partial charge is 0.141 e. The van der Waals surface area contributed by atoms with Gasteiger partial charge in [-0.05, 0) is 49.3 Å². The fraction of sp³-hybridized carbons (Fsp3) is 0.625. The first-order valence-electron chi connectivity index (χ1n) is 7.25. The van der Waals surface area contributed by atoms with Crippen LogP contribution in [0.1, 0.15) is 57.6 Å². The molecular formula is C16H23ClFN. The highest BCUT2D eigenvalue weighted by Crippen LogP contribution is 2.40. The van der Waals surface area contributed by atoms with Crippen LogP contribution < -0.4 is 5.32 Å². The van der Waals surface area contributed by atoms with E-state index in [4.69, 9.17) is 11.6 Å². The molecule has 1 unspecified atom stereocenters. The van der Waals surface area contributed by atoms with Crippen molar-refractivity contribution in [3.63, 3.8) is 0 Å². The Labute approximate surface area is 120 Å². The second-order valence-electron chi connectivity index (χ2n) is 5.84. The lowest BCUT2D eigenvalue weighted by atomic mass is 9.83. The summed E-state index contributed by atoms with van der Waals surface area (Å²) in [5.41, 5.74) is 1.52. The van der Waals surface area contributed by atoms with Crippen molar-refractivity contribution in [2.45, 2.75) is 52.0 Å². The van der Waals surface area contributed by atoms with E-state index in [0.717, 1.165) is 12.1 Å². The van der Waals surface area contributed by atoms with E-state index in [1.165, 1.54) is 38.2 Å². The van der Waals surface area contributed by atoms with Crippen LogP contribution in [0.15, 0.2) is 18.2 Å². The molecule has 1 aromatic rings. The third-order valence-electron chi connectivity index (χ3n) is 4.64. The van der Waals surface area contributed by atoms with Crippen molar-refractivity contribution in [3.05, 3.63) is 34.6 Å². The monoisotopic (exact) mass is 283 g/mol. The van der Waals surface area contributed by atoms with Gasteiger partial charge in [-0.25, -0.2) is 4.39 Å². The highest BCUT2D eigenvalue weighted by Gasteiger charge is 2.31. The molecule has 3 heteroatoms. The maximum Gasteiger partial charge on any atom is 0.141 e. The molecule has 0 saturated heterocycles. The Balaban J connectivity index is 1.96. The van der Waals surface area contributed by atoms with Crippen molar-refractivity contribution >= 4 is 11.6 Å². The molecule has 1 fully saturated rings. The molecule has 106 valence electrons. The lowest BCUT2D eigenvalue weighted by Gasteiger charge is -2.30. The molecule has 0 aliphatic heterocycles. The molecule has 1 aliphatic carbocycles. The van der Waals surface area contributed by atoms with Crippen molar-refractivity contribution in [1.29, 1.82) is 0 Å². The number of nitrogens with one attached hydrogen (secondary N) is 1. The molecule has 0 amide bonds. The highest BCUT2D eigenvalue weighted by molar-refractivity contribution is 6.30. The van der Waals surface area contributed by atoms with Gasteiger partial charge in [-0.3, -0.25) is 0 Å². The topological polar surface area (TPSA) is 12.0 Å². The maximum absolute atomic E-state index is 13.2. The molecule has 1 aliphatic rings. The molecule has 1 atom stereocenters. The first-order valence-corrected chi connectivity index (χ1v) is 7.62. The standard InChI is InChI=1S/C16H23ClFN/c1-3-16(8-4-5-9-16)11-19-12(2)13-6-7-15(18)14(17)10-13/h6-7,10,12,19H,3-5,8-9,11H2,1-2H3. The van der Waals surface area contributed by atoms with Gasteiger partial charge in [-0.2, -0.15) is 0 Å². The minimum atomic E-state index is -0.349. The van der Waals surface area contributed by atoms with Gasteiger partial charge in [-0.1, -0.05) is 37.4 Å². The van der Waals surface area contributed by atoms with Gasteiger partial charge in [0.05, 0.1) is 5.02 Å². The second-order valence-corrected chi connectivity index (χ2v) is 6.24. The Kier molecular flexibility index (Phi) is 4.86. The van der Waals surface area contributed by atoms with Crippen LogP contribution in [0.5, 0.6) is 0 Å².